The Morgan fingerprint density at radius 1 is 1.44 bits per heavy atom. The third kappa shape index (κ3) is 1.75. The molecule has 3 rings (SSSR count). The number of carbonyl (C=O) groups is 2. The summed E-state index contributed by atoms with van der Waals surface area (Å²) in [7, 11) is 0. The summed E-state index contributed by atoms with van der Waals surface area (Å²) in [5.41, 5.74) is -1.02. The lowest BCUT2D eigenvalue weighted by Gasteiger charge is -2.55. The quantitative estimate of drug-likeness (QED) is 0.635. The smallest absolute Gasteiger partial charge is 0.302 e. The van der Waals surface area contributed by atoms with Gasteiger partial charge in [-0.2, -0.15) is 0 Å². The molecule has 1 saturated carbocycles. The Kier molecular flexibility index (Phi) is 2.38. The van der Waals surface area contributed by atoms with E-state index in [0.29, 0.717) is 12.8 Å². The van der Waals surface area contributed by atoms with Crippen molar-refractivity contribution in [3.63, 3.8) is 0 Å². The first kappa shape index (κ1) is 11.6. The molecule has 4 nitrogen and oxygen atoms in total. The summed E-state index contributed by atoms with van der Waals surface area (Å²) in [6, 6.07) is 0. The number of fused-ring (bicyclic) bond motifs is 3. The van der Waals surface area contributed by atoms with Crippen LogP contribution in [0.15, 0.2) is 0 Å². The number of rotatable bonds is 1. The van der Waals surface area contributed by atoms with Gasteiger partial charge in [-0.05, 0) is 20.8 Å². The van der Waals surface area contributed by atoms with Crippen molar-refractivity contribution in [2.45, 2.75) is 57.8 Å². The van der Waals surface area contributed by atoms with Crippen LogP contribution in [0, 0.1) is 5.92 Å². The SMILES string of the molecule is CC(=O)O[C@@H]1C[C@@]2(C)CC(=O)[C@@H]1C(C)(C)O2. The molecule has 0 radical (unpaired) electrons. The van der Waals surface area contributed by atoms with Crippen molar-refractivity contribution in [1.29, 1.82) is 0 Å². The highest BCUT2D eigenvalue weighted by atomic mass is 16.6. The molecule has 1 aliphatic carbocycles. The first-order chi connectivity index (χ1) is 7.23. The van der Waals surface area contributed by atoms with Crippen molar-refractivity contribution >= 4 is 11.8 Å². The third-order valence-corrected chi connectivity index (χ3v) is 3.48. The van der Waals surface area contributed by atoms with E-state index in [4.69, 9.17) is 9.47 Å². The summed E-state index contributed by atoms with van der Waals surface area (Å²) in [6.07, 6.45) is 0.721. The van der Waals surface area contributed by atoms with Crippen molar-refractivity contribution in [3.05, 3.63) is 0 Å². The van der Waals surface area contributed by atoms with Crippen LogP contribution in [-0.4, -0.2) is 29.1 Å². The lowest BCUT2D eigenvalue weighted by Crippen LogP contribution is -2.64. The van der Waals surface area contributed by atoms with Gasteiger partial charge in [0.1, 0.15) is 11.9 Å². The molecule has 3 fully saturated rings. The van der Waals surface area contributed by atoms with E-state index in [1.165, 1.54) is 6.92 Å². The van der Waals surface area contributed by atoms with Gasteiger partial charge in [-0.1, -0.05) is 0 Å². The number of carbonyl (C=O) groups excluding carboxylic acids is 2. The van der Waals surface area contributed by atoms with Crippen LogP contribution in [0.5, 0.6) is 0 Å². The van der Waals surface area contributed by atoms with Crippen LogP contribution in [-0.2, 0) is 19.1 Å². The van der Waals surface area contributed by atoms with Crippen LogP contribution in [0.2, 0.25) is 0 Å². The minimum Gasteiger partial charge on any atom is -0.462 e. The minimum absolute atomic E-state index is 0.149. The lowest BCUT2D eigenvalue weighted by atomic mass is 9.66. The standard InChI is InChI=1S/C12H18O4/c1-7(13)15-9-6-12(4)5-8(14)10(9)11(2,3)16-12/h9-10H,5-6H2,1-4H3/t9-,10+,12-/m1/s1. The number of hydrogen-bond acceptors (Lipinski definition) is 4. The molecule has 4 heteroatoms. The number of ether oxygens (including phenoxy) is 2. The minimum atomic E-state index is -0.539. The van der Waals surface area contributed by atoms with Crippen molar-refractivity contribution in [2.75, 3.05) is 0 Å². The normalized spacial score (nSPS) is 40.9. The molecule has 0 spiro atoms. The van der Waals surface area contributed by atoms with Crippen LogP contribution < -0.4 is 0 Å². The van der Waals surface area contributed by atoms with Gasteiger partial charge in [0.05, 0.1) is 17.1 Å². The second kappa shape index (κ2) is 3.29. The predicted molar refractivity (Wildman–Crippen MR) is 56.9 cm³/mol. The van der Waals surface area contributed by atoms with Crippen molar-refractivity contribution in [1.82, 2.24) is 0 Å². The van der Waals surface area contributed by atoms with Crippen LogP contribution in [0.25, 0.3) is 0 Å². The second-order valence-corrected chi connectivity index (χ2v) is 5.63. The Balaban J connectivity index is 2.31. The summed E-state index contributed by atoms with van der Waals surface area (Å²) in [5.74, 6) is -0.501. The van der Waals surface area contributed by atoms with Gasteiger partial charge in [0.2, 0.25) is 0 Å². The van der Waals surface area contributed by atoms with E-state index in [2.05, 4.69) is 0 Å². The van der Waals surface area contributed by atoms with E-state index < -0.39 is 11.2 Å². The molecule has 2 bridgehead atoms. The molecular formula is C12H18O4. The van der Waals surface area contributed by atoms with E-state index in [9.17, 15) is 9.59 Å². The summed E-state index contributed by atoms with van der Waals surface area (Å²) in [6.45, 7) is 7.08. The van der Waals surface area contributed by atoms with Crippen LogP contribution in [0.3, 0.4) is 0 Å². The van der Waals surface area contributed by atoms with Crippen molar-refractivity contribution < 1.29 is 19.1 Å². The lowest BCUT2D eigenvalue weighted by molar-refractivity contribution is -0.252. The molecule has 0 aromatic rings. The number of esters is 1. The van der Waals surface area contributed by atoms with Gasteiger partial charge >= 0.3 is 5.97 Å². The molecule has 0 aromatic carbocycles. The average molecular weight is 226 g/mol. The topological polar surface area (TPSA) is 52.6 Å². The molecule has 16 heavy (non-hydrogen) atoms. The summed E-state index contributed by atoms with van der Waals surface area (Å²) >= 11 is 0. The van der Waals surface area contributed by atoms with E-state index in [1.54, 1.807) is 0 Å². The molecule has 3 aliphatic rings. The zero-order chi connectivity index (χ0) is 12.1. The number of hydrogen-bond donors (Lipinski definition) is 0. The maximum atomic E-state index is 12.0. The Morgan fingerprint density at radius 3 is 2.50 bits per heavy atom. The van der Waals surface area contributed by atoms with Gasteiger partial charge in [0.15, 0.2) is 0 Å². The fourth-order valence-corrected chi connectivity index (χ4v) is 3.24. The van der Waals surface area contributed by atoms with E-state index >= 15 is 0 Å². The van der Waals surface area contributed by atoms with Gasteiger partial charge in [-0.25, -0.2) is 0 Å². The first-order valence-electron chi connectivity index (χ1n) is 5.64. The van der Waals surface area contributed by atoms with Crippen LogP contribution >= 0.6 is 0 Å². The van der Waals surface area contributed by atoms with Crippen LogP contribution in [0.1, 0.15) is 40.5 Å². The second-order valence-electron chi connectivity index (χ2n) is 5.63. The monoisotopic (exact) mass is 226 g/mol. The van der Waals surface area contributed by atoms with Gasteiger partial charge in [0.25, 0.3) is 0 Å². The van der Waals surface area contributed by atoms with Gasteiger partial charge < -0.3 is 9.47 Å². The number of ketones is 1. The van der Waals surface area contributed by atoms with E-state index in [-0.39, 0.29) is 23.8 Å². The molecule has 0 unspecified atom stereocenters. The third-order valence-electron chi connectivity index (χ3n) is 3.48. The zero-order valence-electron chi connectivity index (χ0n) is 10.2. The molecule has 0 amide bonds. The summed E-state index contributed by atoms with van der Waals surface area (Å²) in [4.78, 5) is 23.0. The summed E-state index contributed by atoms with van der Waals surface area (Å²) in [5, 5.41) is 0. The zero-order valence-corrected chi connectivity index (χ0v) is 10.2. The van der Waals surface area contributed by atoms with E-state index in [1.807, 2.05) is 20.8 Å². The molecule has 0 N–H and O–H groups in total. The summed E-state index contributed by atoms with van der Waals surface area (Å²) < 4.78 is 11.2. The Bertz CT molecular complexity index is 344. The Morgan fingerprint density at radius 2 is 2.06 bits per heavy atom. The molecule has 2 saturated heterocycles. The van der Waals surface area contributed by atoms with Gasteiger partial charge in [0, 0.05) is 19.8 Å². The molecule has 3 atom stereocenters. The fourth-order valence-electron chi connectivity index (χ4n) is 3.24. The van der Waals surface area contributed by atoms with Gasteiger partial charge in [-0.15, -0.1) is 0 Å². The Labute approximate surface area is 95.3 Å². The molecule has 2 heterocycles. The molecular weight excluding hydrogens is 208 g/mol. The highest BCUT2D eigenvalue weighted by Crippen LogP contribution is 2.48. The highest BCUT2D eigenvalue weighted by molar-refractivity contribution is 5.86. The van der Waals surface area contributed by atoms with Crippen molar-refractivity contribution in [3.8, 4) is 0 Å². The highest BCUT2D eigenvalue weighted by Gasteiger charge is 2.59. The molecule has 90 valence electrons. The van der Waals surface area contributed by atoms with E-state index in [0.717, 1.165) is 0 Å². The van der Waals surface area contributed by atoms with Crippen LogP contribution in [0.4, 0.5) is 0 Å². The Hall–Kier alpha value is -0.900. The molecule has 2 aliphatic heterocycles. The maximum absolute atomic E-state index is 12.0. The fraction of sp³-hybridized carbons (Fsp3) is 0.833. The first-order valence-corrected chi connectivity index (χ1v) is 5.64. The largest absolute Gasteiger partial charge is 0.462 e. The predicted octanol–water partition coefficient (Wildman–Crippen LogP) is 1.46. The van der Waals surface area contributed by atoms with Crippen molar-refractivity contribution in [2.24, 2.45) is 5.92 Å². The number of Topliss-reactive ketones (excluding diaryl/α,β-unsaturated/α-hetero) is 1. The average Bonchev–Trinajstić information content (AvgIpc) is 1.94. The maximum Gasteiger partial charge on any atom is 0.302 e. The molecule has 0 aromatic heterocycles. The van der Waals surface area contributed by atoms with Gasteiger partial charge in [-0.3, -0.25) is 9.59 Å².